The average Bonchev–Trinajstić information content (AvgIpc) is 3.23. The van der Waals surface area contributed by atoms with Crippen LogP contribution in [0.3, 0.4) is 0 Å². The first-order chi connectivity index (χ1) is 15.7. The third kappa shape index (κ3) is 4.66. The van der Waals surface area contributed by atoms with Crippen LogP contribution in [-0.4, -0.2) is 29.8 Å². The van der Waals surface area contributed by atoms with Gasteiger partial charge in [0.1, 0.15) is 0 Å². The van der Waals surface area contributed by atoms with Crippen molar-refractivity contribution < 1.29 is 10.0 Å². The SMILES string of the molecule is CCCCCCc1cc(B(O)O)sc1C1=C2C=CC=CC2N(CCCC)c2ccccc21. The molecule has 2 N–H and O–H groups in total. The van der Waals surface area contributed by atoms with Gasteiger partial charge in [0.05, 0.1) is 6.04 Å². The molecule has 0 amide bonds. The van der Waals surface area contributed by atoms with Crippen LogP contribution < -0.4 is 9.68 Å². The summed E-state index contributed by atoms with van der Waals surface area (Å²) in [7, 11) is -1.42. The Balaban J connectivity index is 1.84. The van der Waals surface area contributed by atoms with Crippen LogP contribution >= 0.6 is 11.3 Å². The number of aryl methyl sites for hydroxylation is 1. The highest BCUT2D eigenvalue weighted by atomic mass is 32.1. The van der Waals surface area contributed by atoms with Crippen molar-refractivity contribution in [3.05, 3.63) is 76.2 Å². The predicted molar refractivity (Wildman–Crippen MR) is 139 cm³/mol. The second-order valence-electron chi connectivity index (χ2n) is 8.77. The Morgan fingerprint density at radius 3 is 2.59 bits per heavy atom. The first kappa shape index (κ1) is 23.1. The van der Waals surface area contributed by atoms with E-state index < -0.39 is 7.12 Å². The van der Waals surface area contributed by atoms with Gasteiger partial charge in [-0.25, -0.2) is 0 Å². The molecule has 1 atom stereocenters. The number of benzene rings is 1. The van der Waals surface area contributed by atoms with Crippen LogP contribution in [0, 0.1) is 0 Å². The molecule has 0 radical (unpaired) electrons. The van der Waals surface area contributed by atoms with Crippen molar-refractivity contribution in [1.82, 2.24) is 0 Å². The summed E-state index contributed by atoms with van der Waals surface area (Å²) in [6, 6.07) is 11.0. The predicted octanol–water partition coefficient (Wildman–Crippen LogP) is 5.47. The largest absolute Gasteiger partial charge is 0.499 e. The Labute approximate surface area is 196 Å². The summed E-state index contributed by atoms with van der Waals surface area (Å²) >= 11 is 1.54. The van der Waals surface area contributed by atoms with E-state index in [1.54, 1.807) is 11.3 Å². The molecule has 1 aliphatic heterocycles. The fourth-order valence-electron chi connectivity index (χ4n) is 4.83. The van der Waals surface area contributed by atoms with Crippen LogP contribution in [0.25, 0.3) is 5.57 Å². The van der Waals surface area contributed by atoms with Crippen LogP contribution in [0.5, 0.6) is 0 Å². The molecule has 1 aromatic carbocycles. The summed E-state index contributed by atoms with van der Waals surface area (Å²) in [5, 5.41) is 19.9. The topological polar surface area (TPSA) is 43.7 Å². The molecule has 4 rings (SSSR count). The number of para-hydroxylation sites is 1. The van der Waals surface area contributed by atoms with Crippen LogP contribution in [-0.2, 0) is 6.42 Å². The van der Waals surface area contributed by atoms with Gasteiger partial charge in [-0.15, -0.1) is 11.3 Å². The van der Waals surface area contributed by atoms with E-state index in [1.807, 2.05) is 6.07 Å². The van der Waals surface area contributed by atoms with Gasteiger partial charge in [-0.1, -0.05) is 82.0 Å². The zero-order chi connectivity index (χ0) is 22.5. The lowest BCUT2D eigenvalue weighted by atomic mass is 9.83. The molecule has 0 bridgehead atoms. The first-order valence-corrected chi connectivity index (χ1v) is 12.9. The maximum absolute atomic E-state index is 9.95. The fraction of sp³-hybridized carbons (Fsp3) is 0.407. The zero-order valence-electron chi connectivity index (χ0n) is 19.3. The molecular formula is C27H34BNO2S. The lowest BCUT2D eigenvalue weighted by molar-refractivity contribution is 0.427. The third-order valence-corrected chi connectivity index (χ3v) is 7.70. The van der Waals surface area contributed by atoms with Crippen molar-refractivity contribution in [2.24, 2.45) is 0 Å². The van der Waals surface area contributed by atoms with Crippen LogP contribution in [0.4, 0.5) is 5.69 Å². The maximum Gasteiger partial charge on any atom is 0.499 e. The van der Waals surface area contributed by atoms with Gasteiger partial charge in [0.2, 0.25) is 0 Å². The smallest absolute Gasteiger partial charge is 0.423 e. The Hall–Kier alpha value is -2.08. The van der Waals surface area contributed by atoms with Crippen LogP contribution in [0.15, 0.2) is 60.2 Å². The minimum Gasteiger partial charge on any atom is -0.423 e. The number of nitrogens with zero attached hydrogens (tertiary/aromatic N) is 1. The highest BCUT2D eigenvalue weighted by Gasteiger charge is 2.33. The quantitative estimate of drug-likeness (QED) is 0.375. The number of allylic oxidation sites excluding steroid dienone is 2. The maximum atomic E-state index is 9.95. The molecule has 1 aromatic heterocycles. The van der Waals surface area contributed by atoms with Gasteiger partial charge in [-0.2, -0.15) is 0 Å². The summed E-state index contributed by atoms with van der Waals surface area (Å²) < 4.78 is 0.636. The Kier molecular flexibility index (Phi) is 7.72. The Morgan fingerprint density at radius 1 is 1.00 bits per heavy atom. The van der Waals surface area contributed by atoms with Crippen molar-refractivity contribution >= 4 is 34.5 Å². The Bertz CT molecular complexity index is 1020. The van der Waals surface area contributed by atoms with Crippen molar-refractivity contribution in [1.29, 1.82) is 0 Å². The number of rotatable bonds is 10. The minimum atomic E-state index is -1.42. The average molecular weight is 447 g/mol. The van der Waals surface area contributed by atoms with Gasteiger partial charge < -0.3 is 14.9 Å². The molecule has 2 heterocycles. The van der Waals surface area contributed by atoms with Crippen molar-refractivity contribution in [2.75, 3.05) is 11.4 Å². The fourth-order valence-corrected chi connectivity index (χ4v) is 6.00. The van der Waals surface area contributed by atoms with Crippen molar-refractivity contribution in [3.63, 3.8) is 0 Å². The van der Waals surface area contributed by atoms with E-state index in [1.165, 1.54) is 58.5 Å². The summed E-state index contributed by atoms with van der Waals surface area (Å²) in [4.78, 5) is 3.74. The van der Waals surface area contributed by atoms with Crippen molar-refractivity contribution in [3.8, 4) is 0 Å². The second kappa shape index (κ2) is 10.7. The number of thiophene rings is 1. The monoisotopic (exact) mass is 447 g/mol. The molecular weight excluding hydrogens is 413 g/mol. The van der Waals surface area contributed by atoms with E-state index >= 15 is 0 Å². The molecule has 3 nitrogen and oxygen atoms in total. The van der Waals surface area contributed by atoms with Gasteiger partial charge in [0.25, 0.3) is 0 Å². The van der Waals surface area contributed by atoms with E-state index in [2.05, 4.69) is 67.3 Å². The molecule has 5 heteroatoms. The highest BCUT2D eigenvalue weighted by Crippen LogP contribution is 2.45. The molecule has 0 fully saturated rings. The van der Waals surface area contributed by atoms with Gasteiger partial charge in [-0.05, 0) is 42.5 Å². The lowest BCUT2D eigenvalue weighted by Crippen LogP contribution is -2.40. The van der Waals surface area contributed by atoms with Crippen molar-refractivity contribution in [2.45, 2.75) is 64.8 Å². The summed E-state index contributed by atoms with van der Waals surface area (Å²) in [5.74, 6) is 0. The Morgan fingerprint density at radius 2 is 1.81 bits per heavy atom. The summed E-state index contributed by atoms with van der Waals surface area (Å²) in [6.45, 7) is 5.50. The summed E-state index contributed by atoms with van der Waals surface area (Å²) in [6.07, 6.45) is 16.9. The number of hydrogen-bond donors (Lipinski definition) is 2. The molecule has 0 saturated heterocycles. The number of hydrogen-bond acceptors (Lipinski definition) is 4. The number of unbranched alkanes of at least 4 members (excludes halogenated alkanes) is 4. The van der Waals surface area contributed by atoms with E-state index in [9.17, 15) is 10.0 Å². The summed E-state index contributed by atoms with van der Waals surface area (Å²) in [5.41, 5.74) is 6.36. The minimum absolute atomic E-state index is 0.217. The van der Waals surface area contributed by atoms with E-state index in [0.717, 1.165) is 25.8 Å². The number of anilines is 1. The second-order valence-corrected chi connectivity index (χ2v) is 9.85. The van der Waals surface area contributed by atoms with Crippen LogP contribution in [0.2, 0.25) is 0 Å². The number of fused-ring (bicyclic) bond motifs is 2. The highest BCUT2D eigenvalue weighted by molar-refractivity contribution is 7.23. The molecule has 2 aromatic rings. The first-order valence-electron chi connectivity index (χ1n) is 12.1. The zero-order valence-corrected chi connectivity index (χ0v) is 20.1. The molecule has 1 unspecified atom stereocenters. The van der Waals surface area contributed by atoms with Gasteiger partial charge >= 0.3 is 7.12 Å². The van der Waals surface area contributed by atoms with Gasteiger partial charge in [0.15, 0.2) is 0 Å². The molecule has 1 aliphatic carbocycles. The lowest BCUT2D eigenvalue weighted by Gasteiger charge is -2.40. The third-order valence-electron chi connectivity index (χ3n) is 6.47. The molecule has 168 valence electrons. The van der Waals surface area contributed by atoms with E-state index in [4.69, 9.17) is 0 Å². The van der Waals surface area contributed by atoms with Gasteiger partial charge in [-0.3, -0.25) is 0 Å². The normalized spacial score (nSPS) is 17.0. The van der Waals surface area contributed by atoms with Crippen LogP contribution in [0.1, 0.15) is 68.4 Å². The molecule has 0 saturated carbocycles. The van der Waals surface area contributed by atoms with Gasteiger partial charge in [0, 0.05) is 33.0 Å². The molecule has 32 heavy (non-hydrogen) atoms. The van der Waals surface area contributed by atoms with E-state index in [0.29, 0.717) is 4.78 Å². The van der Waals surface area contributed by atoms with E-state index in [-0.39, 0.29) is 6.04 Å². The molecule has 0 spiro atoms. The molecule has 2 aliphatic rings. The standard InChI is InChI=1S/C27H34BNO2S/c1-3-5-7-8-13-20-19-25(28(30)31)32-27(20)26-21-14-9-11-16-23(21)29(18-6-4-2)24-17-12-10-15-22(24)26/h9-12,14-17,19,23,30-31H,3-8,13,18H2,1-2H3.